The highest BCUT2D eigenvalue weighted by Gasteiger charge is 2.44. The molecule has 3 aromatic rings. The summed E-state index contributed by atoms with van der Waals surface area (Å²) in [5.74, 6) is 1.29. The molecule has 30 heavy (non-hydrogen) atoms. The number of aromatic nitrogens is 3. The number of hydrogen-bond donors (Lipinski definition) is 1. The molecule has 2 aromatic carbocycles. The highest BCUT2D eigenvalue weighted by Crippen LogP contribution is 2.38. The lowest BCUT2D eigenvalue weighted by molar-refractivity contribution is -0.763. The van der Waals surface area contributed by atoms with Gasteiger partial charge in [0.15, 0.2) is 0 Å². The fraction of sp³-hybridized carbons (Fsp3) is 0.238. The van der Waals surface area contributed by atoms with E-state index in [2.05, 4.69) is 20.9 Å². The number of fused-ring (bicyclic) bond motifs is 3. The lowest BCUT2D eigenvalue weighted by atomic mass is 10.0. The van der Waals surface area contributed by atoms with Crippen molar-refractivity contribution < 1.29 is 14.2 Å². The third kappa shape index (κ3) is 3.41. The smallest absolute Gasteiger partial charge is 0.325 e. The number of nitrogens with one attached hydrogen (secondary N) is 1. The first-order valence-electron chi connectivity index (χ1n) is 9.37. The predicted octanol–water partition coefficient (Wildman–Crippen LogP) is 3.52. The van der Waals surface area contributed by atoms with Crippen molar-refractivity contribution in [3.8, 4) is 17.0 Å². The van der Waals surface area contributed by atoms with Crippen molar-refractivity contribution in [2.45, 2.75) is 25.2 Å². The number of methoxy groups -OCH3 is 1. The lowest BCUT2D eigenvalue weighted by Gasteiger charge is -2.31. The monoisotopic (exact) mass is 487 g/mol. The van der Waals surface area contributed by atoms with E-state index in [0.717, 1.165) is 15.8 Å². The van der Waals surface area contributed by atoms with Gasteiger partial charge in [-0.15, -0.1) is 0 Å². The quantitative estimate of drug-likeness (QED) is 0.449. The molecule has 1 amide bonds. The van der Waals surface area contributed by atoms with Gasteiger partial charge in [0.05, 0.1) is 22.8 Å². The molecule has 0 saturated carbocycles. The Morgan fingerprint density at radius 3 is 2.77 bits per heavy atom. The molecule has 0 unspecified atom stereocenters. The predicted molar refractivity (Wildman–Crippen MR) is 119 cm³/mol. The fourth-order valence-corrected chi connectivity index (χ4v) is 4.80. The molecule has 0 bridgehead atoms. The molecule has 1 N–H and O–H groups in total. The van der Waals surface area contributed by atoms with Crippen LogP contribution in [0.4, 0.5) is 5.69 Å². The Labute approximate surface area is 186 Å². The zero-order valence-electron chi connectivity index (χ0n) is 16.7. The summed E-state index contributed by atoms with van der Waals surface area (Å²) < 4.78 is 7.75. The number of carbonyl (C=O) groups is 1. The molecule has 154 valence electrons. The van der Waals surface area contributed by atoms with E-state index < -0.39 is 6.17 Å². The summed E-state index contributed by atoms with van der Waals surface area (Å²) in [6.45, 7) is 3.51. The Bertz CT molecular complexity index is 1200. The van der Waals surface area contributed by atoms with Gasteiger partial charge in [0, 0.05) is 17.6 Å². The van der Waals surface area contributed by atoms with E-state index in [1.807, 2.05) is 49.4 Å². The molecule has 4 rings (SSSR count). The van der Waals surface area contributed by atoms with Gasteiger partial charge in [-0.3, -0.25) is 14.6 Å². The maximum Gasteiger partial charge on any atom is 0.325 e. The van der Waals surface area contributed by atoms with E-state index in [4.69, 9.17) is 9.84 Å². The Hall–Kier alpha value is -2.65. The Morgan fingerprint density at radius 1 is 1.33 bits per heavy atom. The van der Waals surface area contributed by atoms with Gasteiger partial charge in [0.25, 0.3) is 6.17 Å². The van der Waals surface area contributed by atoms with Crippen molar-refractivity contribution in [2.75, 3.05) is 17.8 Å². The van der Waals surface area contributed by atoms with E-state index in [9.17, 15) is 9.59 Å². The van der Waals surface area contributed by atoms with E-state index in [-0.39, 0.29) is 11.5 Å². The topological polar surface area (TPSA) is 79.2 Å². The number of thioether (sulfide) groups is 1. The zero-order chi connectivity index (χ0) is 21.4. The number of hydrogen-bond acceptors (Lipinski definition) is 5. The second-order valence-electron chi connectivity index (χ2n) is 6.66. The van der Waals surface area contributed by atoms with E-state index >= 15 is 0 Å². The van der Waals surface area contributed by atoms with Crippen molar-refractivity contribution in [3.63, 3.8) is 0 Å². The number of amides is 1. The number of para-hydroxylation sites is 1. The number of anilines is 1. The van der Waals surface area contributed by atoms with Crippen molar-refractivity contribution in [2.24, 2.45) is 0 Å². The minimum absolute atomic E-state index is 0.149. The van der Waals surface area contributed by atoms with E-state index in [1.54, 1.807) is 16.7 Å². The van der Waals surface area contributed by atoms with Gasteiger partial charge in [0.1, 0.15) is 5.75 Å². The summed E-state index contributed by atoms with van der Waals surface area (Å²) in [6.07, 6.45) is -0.617. The number of nitrogens with zero attached hydrogens (tertiary/aromatic N) is 3. The molecular formula is C21H20BrN4O3S+. The summed E-state index contributed by atoms with van der Waals surface area (Å²) in [5, 5.41) is 5.22. The minimum Gasteiger partial charge on any atom is -0.496 e. The molecule has 7 nitrogen and oxygen atoms in total. The van der Waals surface area contributed by atoms with Crippen molar-refractivity contribution in [3.05, 3.63) is 62.9 Å². The fourth-order valence-electron chi connectivity index (χ4n) is 3.66. The van der Waals surface area contributed by atoms with E-state index in [1.165, 1.54) is 18.7 Å². The number of aromatic amines is 1. The van der Waals surface area contributed by atoms with Crippen LogP contribution in [0.5, 0.6) is 5.75 Å². The number of carbonyl (C=O) groups excluding carboxylic acids is 1. The summed E-state index contributed by atoms with van der Waals surface area (Å²) >= 11 is 4.97. The Morgan fingerprint density at radius 2 is 2.10 bits per heavy atom. The van der Waals surface area contributed by atoms with Crippen LogP contribution in [-0.4, -0.2) is 28.9 Å². The molecular weight excluding hydrogens is 468 g/mol. The van der Waals surface area contributed by atoms with Crippen LogP contribution in [0.1, 0.15) is 25.6 Å². The van der Waals surface area contributed by atoms with Gasteiger partial charge in [-0.1, -0.05) is 30.8 Å². The molecule has 0 aliphatic carbocycles. The Balaban J connectivity index is 2.05. The van der Waals surface area contributed by atoms with Crippen molar-refractivity contribution in [1.29, 1.82) is 0 Å². The van der Waals surface area contributed by atoms with Crippen LogP contribution in [0.15, 0.2) is 56.9 Å². The molecule has 0 fully saturated rings. The summed E-state index contributed by atoms with van der Waals surface area (Å²) in [6, 6.07) is 13.0. The standard InChI is InChI=1S/C21H19BrN4O3S/c1-4-30-21-23-19(28)18-14-7-5-6-8-16(14)25(12(2)27)20(26(18)24-21)13-9-10-17(29-3)15(22)11-13/h5-11,20H,4H2,1-3H3/p+1/t20-/m0/s1. The number of halogens is 1. The van der Waals surface area contributed by atoms with Crippen LogP contribution in [0, 0.1) is 0 Å². The van der Waals surface area contributed by atoms with Gasteiger partial charge in [0.2, 0.25) is 11.1 Å². The molecule has 1 aliphatic rings. The van der Waals surface area contributed by atoms with Crippen LogP contribution >= 0.6 is 27.7 Å². The molecule has 1 aliphatic heterocycles. The molecule has 1 aromatic heterocycles. The average Bonchev–Trinajstić information content (AvgIpc) is 2.72. The molecule has 1 atom stereocenters. The highest BCUT2D eigenvalue weighted by atomic mass is 79.9. The zero-order valence-corrected chi connectivity index (χ0v) is 19.1. The summed E-state index contributed by atoms with van der Waals surface area (Å²) in [4.78, 5) is 30.4. The van der Waals surface area contributed by atoms with Crippen LogP contribution in [-0.2, 0) is 4.79 Å². The number of ether oxygens (including phenoxy) is 1. The molecule has 2 heterocycles. The van der Waals surface area contributed by atoms with Crippen LogP contribution in [0.2, 0.25) is 0 Å². The average molecular weight is 488 g/mol. The van der Waals surface area contributed by atoms with E-state index in [0.29, 0.717) is 27.9 Å². The van der Waals surface area contributed by atoms with Crippen LogP contribution in [0.25, 0.3) is 11.3 Å². The second kappa shape index (κ2) is 8.23. The molecule has 9 heteroatoms. The number of benzene rings is 2. The normalized spacial score (nSPS) is 14.8. The largest absolute Gasteiger partial charge is 0.496 e. The number of rotatable bonds is 4. The maximum absolute atomic E-state index is 13.1. The molecule has 0 radical (unpaired) electrons. The lowest BCUT2D eigenvalue weighted by Crippen LogP contribution is -2.60. The van der Waals surface area contributed by atoms with Crippen LogP contribution in [0.3, 0.4) is 0 Å². The molecule has 0 saturated heterocycles. The van der Waals surface area contributed by atoms with Crippen molar-refractivity contribution >= 4 is 39.3 Å². The van der Waals surface area contributed by atoms with Crippen LogP contribution < -0.4 is 19.9 Å². The third-order valence-electron chi connectivity index (χ3n) is 4.85. The third-order valence-corrected chi connectivity index (χ3v) is 6.22. The number of H-pyrrole nitrogens is 1. The minimum atomic E-state index is -0.617. The first-order chi connectivity index (χ1) is 14.5. The summed E-state index contributed by atoms with van der Waals surface area (Å²) in [5.41, 5.74) is 2.31. The highest BCUT2D eigenvalue weighted by molar-refractivity contribution is 9.10. The second-order valence-corrected chi connectivity index (χ2v) is 8.77. The van der Waals surface area contributed by atoms with Gasteiger partial charge in [-0.25, -0.2) is 4.90 Å². The summed E-state index contributed by atoms with van der Waals surface area (Å²) in [7, 11) is 1.60. The molecule has 0 spiro atoms. The first-order valence-corrected chi connectivity index (χ1v) is 11.2. The van der Waals surface area contributed by atoms with Gasteiger partial charge in [-0.05, 0) is 56.7 Å². The SMILES string of the molecule is CCSc1n[n+]2c(c(=O)[nH]1)-c1ccccc1N(C(C)=O)[C@@H]2c1ccc(OC)c(Br)c1. The first kappa shape index (κ1) is 20.6. The van der Waals surface area contributed by atoms with Gasteiger partial charge >= 0.3 is 11.3 Å². The maximum atomic E-state index is 13.1. The van der Waals surface area contributed by atoms with Gasteiger partial charge in [-0.2, -0.15) is 0 Å². The Kier molecular flexibility index (Phi) is 5.66. The van der Waals surface area contributed by atoms with Gasteiger partial charge < -0.3 is 4.74 Å². The van der Waals surface area contributed by atoms with Crippen molar-refractivity contribution in [1.82, 2.24) is 10.1 Å².